The van der Waals surface area contributed by atoms with Gasteiger partial charge in [-0.05, 0) is 53.4 Å². The van der Waals surface area contributed by atoms with Crippen LogP contribution in [0.4, 0.5) is 0 Å². The molecule has 0 amide bonds. The second-order valence-electron chi connectivity index (χ2n) is 5.55. The largest absolute Gasteiger partial charge is 0.357 e. The molecule has 2 N–H and O–H groups in total. The van der Waals surface area contributed by atoms with E-state index in [0.29, 0.717) is 18.0 Å². The van der Waals surface area contributed by atoms with Gasteiger partial charge in [0.15, 0.2) is 15.8 Å². The van der Waals surface area contributed by atoms with Crippen LogP contribution in [0.1, 0.15) is 23.6 Å². The fraction of sp³-hybridized carbons (Fsp3) is 0.353. The number of aryl methyl sites for hydroxylation is 1. The van der Waals surface area contributed by atoms with Crippen molar-refractivity contribution in [2.24, 2.45) is 4.99 Å². The summed E-state index contributed by atoms with van der Waals surface area (Å²) < 4.78 is 23.3. The maximum absolute atomic E-state index is 11.7. The minimum absolute atomic E-state index is 0.379. The Morgan fingerprint density at radius 3 is 2.58 bits per heavy atom. The van der Waals surface area contributed by atoms with Gasteiger partial charge in [-0.25, -0.2) is 13.4 Å². The lowest BCUT2D eigenvalue weighted by Gasteiger charge is -2.12. The van der Waals surface area contributed by atoms with Gasteiger partial charge < -0.3 is 10.6 Å². The lowest BCUT2D eigenvalue weighted by molar-refractivity contribution is 0.601. The van der Waals surface area contributed by atoms with E-state index in [0.717, 1.165) is 23.6 Å². The summed E-state index contributed by atoms with van der Waals surface area (Å²) in [6.07, 6.45) is 1.23. The number of hydrogen-bond acceptors (Lipinski definition) is 4. The van der Waals surface area contributed by atoms with Crippen LogP contribution in [-0.2, 0) is 22.9 Å². The van der Waals surface area contributed by atoms with Crippen molar-refractivity contribution >= 4 is 27.1 Å². The average Bonchev–Trinajstić information content (AvgIpc) is 3.02. The smallest absolute Gasteiger partial charge is 0.191 e. The first-order valence-corrected chi connectivity index (χ1v) is 10.6. The molecule has 1 aromatic carbocycles. The molecule has 2 aromatic rings. The van der Waals surface area contributed by atoms with Crippen LogP contribution in [0, 0.1) is 6.92 Å². The summed E-state index contributed by atoms with van der Waals surface area (Å²) in [6.45, 7) is 5.83. The zero-order chi connectivity index (χ0) is 17.6. The summed E-state index contributed by atoms with van der Waals surface area (Å²) in [6, 6.07) is 7.45. The number of sulfone groups is 1. The Bertz CT molecular complexity index is 797. The Morgan fingerprint density at radius 2 is 2.00 bits per heavy atom. The van der Waals surface area contributed by atoms with E-state index in [1.54, 1.807) is 17.4 Å². The highest BCUT2D eigenvalue weighted by Gasteiger charge is 2.10. The second-order valence-corrected chi connectivity index (χ2v) is 8.32. The van der Waals surface area contributed by atoms with Crippen molar-refractivity contribution in [1.29, 1.82) is 0 Å². The predicted molar refractivity (Wildman–Crippen MR) is 100 cm³/mol. The molecule has 0 spiro atoms. The van der Waals surface area contributed by atoms with Gasteiger partial charge in [-0.3, -0.25) is 0 Å². The molecule has 1 heterocycles. The first kappa shape index (κ1) is 18.5. The van der Waals surface area contributed by atoms with Gasteiger partial charge >= 0.3 is 0 Å². The highest BCUT2D eigenvalue weighted by molar-refractivity contribution is 7.90. The summed E-state index contributed by atoms with van der Waals surface area (Å²) in [5, 5.41) is 10.6. The maximum Gasteiger partial charge on any atom is 0.191 e. The van der Waals surface area contributed by atoms with Gasteiger partial charge in [0, 0.05) is 19.3 Å². The quantitative estimate of drug-likeness (QED) is 0.610. The molecule has 0 radical (unpaired) electrons. The molecular weight excluding hydrogens is 342 g/mol. The molecule has 0 aliphatic heterocycles. The van der Waals surface area contributed by atoms with Crippen molar-refractivity contribution in [2.75, 3.05) is 12.8 Å². The van der Waals surface area contributed by atoms with Crippen molar-refractivity contribution < 1.29 is 8.42 Å². The van der Waals surface area contributed by atoms with E-state index in [-0.39, 0.29) is 0 Å². The number of nitrogens with one attached hydrogen (secondary N) is 2. The molecule has 130 valence electrons. The zero-order valence-corrected chi connectivity index (χ0v) is 15.8. The summed E-state index contributed by atoms with van der Waals surface area (Å²) in [5.41, 5.74) is 2.96. The van der Waals surface area contributed by atoms with Crippen LogP contribution in [0.2, 0.25) is 0 Å². The summed E-state index contributed by atoms with van der Waals surface area (Å²) in [7, 11) is -3.18. The molecule has 1 aromatic heterocycles. The molecule has 0 aliphatic rings. The number of aliphatic imine (C=N–C) groups is 1. The molecule has 0 saturated heterocycles. The van der Waals surface area contributed by atoms with Crippen LogP contribution in [0.5, 0.6) is 0 Å². The normalized spacial score (nSPS) is 12.2. The third-order valence-electron chi connectivity index (χ3n) is 3.44. The number of hydrogen-bond donors (Lipinski definition) is 2. The van der Waals surface area contributed by atoms with Crippen LogP contribution < -0.4 is 10.6 Å². The number of benzene rings is 1. The van der Waals surface area contributed by atoms with Crippen LogP contribution in [0.15, 0.2) is 44.9 Å². The van der Waals surface area contributed by atoms with Crippen molar-refractivity contribution in [3.05, 3.63) is 51.7 Å². The molecule has 0 aliphatic carbocycles. The van der Waals surface area contributed by atoms with E-state index < -0.39 is 9.84 Å². The van der Waals surface area contributed by atoms with E-state index in [9.17, 15) is 8.42 Å². The molecule has 0 bridgehead atoms. The van der Waals surface area contributed by atoms with Gasteiger partial charge in [0.25, 0.3) is 0 Å². The van der Waals surface area contributed by atoms with Gasteiger partial charge in [0.05, 0.1) is 11.4 Å². The van der Waals surface area contributed by atoms with Crippen LogP contribution >= 0.6 is 11.3 Å². The molecule has 7 heteroatoms. The lowest BCUT2D eigenvalue weighted by Crippen LogP contribution is -2.36. The minimum atomic E-state index is -3.18. The summed E-state index contributed by atoms with van der Waals surface area (Å²) in [4.78, 5) is 4.93. The van der Waals surface area contributed by atoms with Gasteiger partial charge in [-0.1, -0.05) is 12.1 Å². The first-order valence-electron chi connectivity index (χ1n) is 7.73. The van der Waals surface area contributed by atoms with E-state index in [1.807, 2.05) is 31.4 Å². The van der Waals surface area contributed by atoms with E-state index >= 15 is 0 Å². The fourth-order valence-corrected chi connectivity index (χ4v) is 3.94. The third-order valence-corrected chi connectivity index (χ3v) is 5.43. The molecular formula is C17H23N3O2S2. The van der Waals surface area contributed by atoms with Crippen LogP contribution in [-0.4, -0.2) is 27.2 Å². The fourth-order valence-electron chi connectivity index (χ4n) is 2.32. The molecule has 0 fully saturated rings. The second kappa shape index (κ2) is 8.30. The predicted octanol–water partition coefficient (Wildman–Crippen LogP) is 2.72. The Kier molecular flexibility index (Phi) is 6.39. The Balaban J connectivity index is 2.03. The van der Waals surface area contributed by atoms with Gasteiger partial charge in [-0.2, -0.15) is 11.3 Å². The van der Waals surface area contributed by atoms with E-state index in [4.69, 9.17) is 0 Å². The molecule has 0 saturated carbocycles. The SMILES string of the molecule is CCNC(=NCc1ccsc1)NCc1ccc(S(C)(=O)=O)c(C)c1. The van der Waals surface area contributed by atoms with Crippen molar-refractivity contribution in [1.82, 2.24) is 10.6 Å². The average molecular weight is 366 g/mol. The van der Waals surface area contributed by atoms with Crippen LogP contribution in [0.25, 0.3) is 0 Å². The Morgan fingerprint density at radius 1 is 1.21 bits per heavy atom. The highest BCUT2D eigenvalue weighted by Crippen LogP contribution is 2.16. The topological polar surface area (TPSA) is 70.6 Å². The number of nitrogens with zero attached hydrogens (tertiary/aromatic N) is 1. The van der Waals surface area contributed by atoms with Crippen LogP contribution in [0.3, 0.4) is 0 Å². The lowest BCUT2D eigenvalue weighted by atomic mass is 10.1. The molecule has 24 heavy (non-hydrogen) atoms. The standard InChI is InChI=1S/C17H23N3O2S2/c1-4-18-17(20-11-15-7-8-23-12-15)19-10-14-5-6-16(13(2)9-14)24(3,21)22/h5-9,12H,4,10-11H2,1-3H3,(H2,18,19,20). The van der Waals surface area contributed by atoms with Crippen molar-refractivity contribution in [2.45, 2.75) is 31.8 Å². The van der Waals surface area contributed by atoms with E-state index in [2.05, 4.69) is 27.1 Å². The molecule has 5 nitrogen and oxygen atoms in total. The van der Waals surface area contributed by atoms with Crippen molar-refractivity contribution in [3.63, 3.8) is 0 Å². The summed E-state index contributed by atoms with van der Waals surface area (Å²) >= 11 is 1.66. The molecule has 0 unspecified atom stereocenters. The molecule has 0 atom stereocenters. The number of thiophene rings is 1. The van der Waals surface area contributed by atoms with Gasteiger partial charge in [0.1, 0.15) is 0 Å². The van der Waals surface area contributed by atoms with Gasteiger partial charge in [0.2, 0.25) is 0 Å². The Labute approximate surface area is 147 Å². The maximum atomic E-state index is 11.7. The van der Waals surface area contributed by atoms with Gasteiger partial charge in [-0.15, -0.1) is 0 Å². The molecule has 2 rings (SSSR count). The zero-order valence-electron chi connectivity index (χ0n) is 14.2. The van der Waals surface area contributed by atoms with E-state index in [1.165, 1.54) is 11.8 Å². The highest BCUT2D eigenvalue weighted by atomic mass is 32.2. The monoisotopic (exact) mass is 365 g/mol. The first-order chi connectivity index (χ1) is 11.4. The summed E-state index contributed by atoms with van der Waals surface area (Å²) in [5.74, 6) is 0.744. The van der Waals surface area contributed by atoms with Crippen molar-refractivity contribution in [3.8, 4) is 0 Å². The third kappa shape index (κ3) is 5.35. The Hall–Kier alpha value is -1.86. The number of rotatable bonds is 6. The minimum Gasteiger partial charge on any atom is -0.357 e. The number of guanidine groups is 1.